The van der Waals surface area contributed by atoms with E-state index in [4.69, 9.17) is 0 Å². The van der Waals surface area contributed by atoms with Gasteiger partial charge in [-0.25, -0.2) is 4.99 Å². The summed E-state index contributed by atoms with van der Waals surface area (Å²) in [4.78, 5) is 5.94. The highest BCUT2D eigenvalue weighted by atomic mass is 32.1. The minimum Gasteiger partial charge on any atom is -0.356 e. The van der Waals surface area contributed by atoms with Crippen molar-refractivity contribution in [1.82, 2.24) is 25.4 Å². The van der Waals surface area contributed by atoms with Crippen LogP contribution >= 0.6 is 11.3 Å². The lowest BCUT2D eigenvalue weighted by molar-refractivity contribution is 0.722. The molecule has 0 aromatic carbocycles. The average Bonchev–Trinajstić information content (AvgIpc) is 3.10. The van der Waals surface area contributed by atoms with Gasteiger partial charge in [0.05, 0.1) is 6.54 Å². The molecule has 1 saturated carbocycles. The quantitative estimate of drug-likeness (QED) is 0.630. The molecule has 2 aromatic rings. The average molecular weight is 318 g/mol. The second kappa shape index (κ2) is 6.91. The number of guanidine groups is 1. The molecule has 3 rings (SSSR count). The second-order valence-electron chi connectivity index (χ2n) is 5.64. The van der Waals surface area contributed by atoms with E-state index in [9.17, 15) is 0 Å². The summed E-state index contributed by atoms with van der Waals surface area (Å²) in [5.74, 6) is 3.44. The number of thiophene rings is 1. The van der Waals surface area contributed by atoms with E-state index in [-0.39, 0.29) is 0 Å². The number of aliphatic imine (C=N–C) groups is 1. The highest BCUT2D eigenvalue weighted by molar-refractivity contribution is 7.09. The fourth-order valence-corrected chi connectivity index (χ4v) is 2.70. The highest BCUT2D eigenvalue weighted by Crippen LogP contribution is 2.27. The molecule has 0 bridgehead atoms. The van der Waals surface area contributed by atoms with Crippen molar-refractivity contribution in [3.05, 3.63) is 34.0 Å². The summed E-state index contributed by atoms with van der Waals surface area (Å²) in [5, 5.41) is 17.1. The molecule has 7 heteroatoms. The van der Waals surface area contributed by atoms with Crippen LogP contribution in [0.15, 0.2) is 22.5 Å². The third-order valence-corrected chi connectivity index (χ3v) is 4.70. The van der Waals surface area contributed by atoms with Gasteiger partial charge in [0.25, 0.3) is 0 Å². The zero-order valence-corrected chi connectivity index (χ0v) is 13.9. The van der Waals surface area contributed by atoms with Gasteiger partial charge in [-0.3, -0.25) is 0 Å². The van der Waals surface area contributed by atoms with Crippen LogP contribution in [0, 0.1) is 12.8 Å². The van der Waals surface area contributed by atoms with Crippen LogP contribution in [0.25, 0.3) is 0 Å². The number of hydrogen-bond donors (Lipinski definition) is 2. The minimum absolute atomic E-state index is 0.530. The van der Waals surface area contributed by atoms with Gasteiger partial charge in [0.1, 0.15) is 12.4 Å². The van der Waals surface area contributed by atoms with E-state index in [1.807, 2.05) is 18.5 Å². The van der Waals surface area contributed by atoms with Crippen molar-refractivity contribution >= 4 is 17.3 Å². The standard InChI is InChI=1S/C15H22N6S/c1-11-19-20-14(21(11)2)10-18-15(16-8-12-5-6-12)17-9-13-4-3-7-22-13/h3-4,7,12H,5-6,8-10H2,1-2H3,(H2,16,17,18). The van der Waals surface area contributed by atoms with Crippen molar-refractivity contribution < 1.29 is 0 Å². The molecule has 1 aliphatic rings. The zero-order chi connectivity index (χ0) is 15.4. The normalized spacial score (nSPS) is 15.1. The van der Waals surface area contributed by atoms with Crippen LogP contribution in [0.3, 0.4) is 0 Å². The fraction of sp³-hybridized carbons (Fsp3) is 0.533. The molecule has 0 saturated heterocycles. The third kappa shape index (κ3) is 4.07. The molecule has 0 amide bonds. The van der Waals surface area contributed by atoms with E-state index in [0.29, 0.717) is 6.54 Å². The van der Waals surface area contributed by atoms with Crippen LogP contribution < -0.4 is 10.6 Å². The van der Waals surface area contributed by atoms with Crippen LogP contribution in [0.5, 0.6) is 0 Å². The Bertz CT molecular complexity index is 627. The van der Waals surface area contributed by atoms with E-state index in [0.717, 1.165) is 36.6 Å². The first-order chi connectivity index (χ1) is 10.7. The predicted molar refractivity (Wildman–Crippen MR) is 88.8 cm³/mol. The van der Waals surface area contributed by atoms with Gasteiger partial charge < -0.3 is 15.2 Å². The fourth-order valence-electron chi connectivity index (χ4n) is 2.06. The molecular formula is C15H22N6S. The number of nitrogens with one attached hydrogen (secondary N) is 2. The highest BCUT2D eigenvalue weighted by Gasteiger charge is 2.21. The maximum absolute atomic E-state index is 4.64. The third-order valence-electron chi connectivity index (χ3n) is 3.83. The van der Waals surface area contributed by atoms with Gasteiger partial charge in [-0.1, -0.05) is 6.07 Å². The number of aromatic nitrogens is 3. The Hall–Kier alpha value is -1.89. The van der Waals surface area contributed by atoms with E-state index >= 15 is 0 Å². The lowest BCUT2D eigenvalue weighted by atomic mass is 10.4. The molecule has 0 aliphatic heterocycles. The van der Waals surface area contributed by atoms with Crippen LogP contribution in [0.1, 0.15) is 29.4 Å². The molecule has 1 aliphatic carbocycles. The number of hydrogen-bond acceptors (Lipinski definition) is 4. The largest absolute Gasteiger partial charge is 0.356 e. The summed E-state index contributed by atoms with van der Waals surface area (Å²) in [7, 11) is 1.97. The molecule has 22 heavy (non-hydrogen) atoms. The Morgan fingerprint density at radius 1 is 1.41 bits per heavy atom. The molecule has 0 spiro atoms. The smallest absolute Gasteiger partial charge is 0.192 e. The first-order valence-electron chi connectivity index (χ1n) is 7.62. The molecular weight excluding hydrogens is 296 g/mol. The Morgan fingerprint density at radius 3 is 2.91 bits per heavy atom. The van der Waals surface area contributed by atoms with Crippen LogP contribution in [0.4, 0.5) is 0 Å². The van der Waals surface area contributed by atoms with Crippen molar-refractivity contribution in [3.63, 3.8) is 0 Å². The maximum Gasteiger partial charge on any atom is 0.192 e. The van der Waals surface area contributed by atoms with Gasteiger partial charge in [0.2, 0.25) is 0 Å². The summed E-state index contributed by atoms with van der Waals surface area (Å²) < 4.78 is 1.97. The molecule has 0 atom stereocenters. The molecule has 118 valence electrons. The van der Waals surface area contributed by atoms with E-state index in [1.54, 1.807) is 11.3 Å². The number of nitrogens with zero attached hydrogens (tertiary/aromatic N) is 4. The van der Waals surface area contributed by atoms with Crippen LogP contribution in [-0.2, 0) is 20.1 Å². The lowest BCUT2D eigenvalue weighted by Crippen LogP contribution is -2.38. The van der Waals surface area contributed by atoms with Crippen molar-refractivity contribution in [2.24, 2.45) is 18.0 Å². The van der Waals surface area contributed by atoms with Crippen molar-refractivity contribution in [1.29, 1.82) is 0 Å². The van der Waals surface area contributed by atoms with Crippen LogP contribution in [-0.4, -0.2) is 27.3 Å². The molecule has 2 heterocycles. The second-order valence-corrected chi connectivity index (χ2v) is 6.68. The SMILES string of the molecule is Cc1nnc(CN=C(NCc2cccs2)NCC2CC2)n1C. The minimum atomic E-state index is 0.530. The Morgan fingerprint density at radius 2 is 2.27 bits per heavy atom. The van der Waals surface area contributed by atoms with Gasteiger partial charge in [0, 0.05) is 18.5 Å². The first kappa shape index (κ1) is 15.0. The first-order valence-corrected chi connectivity index (χ1v) is 8.50. The summed E-state index contributed by atoms with van der Waals surface area (Å²) in [6.07, 6.45) is 2.65. The van der Waals surface area contributed by atoms with E-state index < -0.39 is 0 Å². The van der Waals surface area contributed by atoms with E-state index in [1.165, 1.54) is 17.7 Å². The summed E-state index contributed by atoms with van der Waals surface area (Å²) >= 11 is 1.75. The van der Waals surface area contributed by atoms with Crippen molar-refractivity contribution in [2.75, 3.05) is 6.54 Å². The Kier molecular flexibility index (Phi) is 4.72. The van der Waals surface area contributed by atoms with Crippen molar-refractivity contribution in [2.45, 2.75) is 32.9 Å². The van der Waals surface area contributed by atoms with Crippen LogP contribution in [0.2, 0.25) is 0 Å². The molecule has 2 aromatic heterocycles. The topological polar surface area (TPSA) is 67.1 Å². The molecule has 0 radical (unpaired) electrons. The maximum atomic E-state index is 4.64. The molecule has 0 unspecified atom stereocenters. The van der Waals surface area contributed by atoms with Gasteiger partial charge in [-0.2, -0.15) is 0 Å². The van der Waals surface area contributed by atoms with Gasteiger partial charge in [-0.15, -0.1) is 21.5 Å². The Balaban J connectivity index is 1.60. The van der Waals surface area contributed by atoms with Gasteiger partial charge in [-0.05, 0) is 37.1 Å². The number of rotatable bonds is 6. The van der Waals surface area contributed by atoms with Crippen molar-refractivity contribution in [3.8, 4) is 0 Å². The number of aryl methyl sites for hydroxylation is 1. The molecule has 6 nitrogen and oxygen atoms in total. The Labute approximate surface area is 134 Å². The van der Waals surface area contributed by atoms with Gasteiger partial charge in [0.15, 0.2) is 11.8 Å². The lowest BCUT2D eigenvalue weighted by Gasteiger charge is -2.11. The van der Waals surface area contributed by atoms with Gasteiger partial charge >= 0.3 is 0 Å². The summed E-state index contributed by atoms with van der Waals surface area (Å²) in [6, 6.07) is 4.20. The molecule has 1 fully saturated rings. The monoisotopic (exact) mass is 318 g/mol. The predicted octanol–water partition coefficient (Wildman–Crippen LogP) is 1.83. The van der Waals surface area contributed by atoms with E-state index in [2.05, 4.69) is 43.3 Å². The summed E-state index contributed by atoms with van der Waals surface area (Å²) in [5.41, 5.74) is 0. The molecule has 2 N–H and O–H groups in total. The zero-order valence-electron chi connectivity index (χ0n) is 13.0. The summed E-state index contributed by atoms with van der Waals surface area (Å²) in [6.45, 7) is 4.27.